The lowest BCUT2D eigenvalue weighted by Crippen LogP contribution is -2.10. The zero-order valence-electron chi connectivity index (χ0n) is 14.5. The number of hydrazone groups is 1. The van der Waals surface area contributed by atoms with Crippen LogP contribution in [0.25, 0.3) is 0 Å². The summed E-state index contributed by atoms with van der Waals surface area (Å²) in [6.07, 6.45) is 5.61. The van der Waals surface area contributed by atoms with E-state index in [0.717, 1.165) is 27.7 Å². The minimum Gasteiger partial charge on any atom is -0.491 e. The number of rotatable bonds is 7. The van der Waals surface area contributed by atoms with Crippen LogP contribution < -0.4 is 10.2 Å². The number of aryl methyl sites for hydroxylation is 1. The van der Waals surface area contributed by atoms with E-state index in [9.17, 15) is 0 Å². The number of aromatic nitrogens is 3. The van der Waals surface area contributed by atoms with Gasteiger partial charge in [0.1, 0.15) is 5.75 Å². The summed E-state index contributed by atoms with van der Waals surface area (Å²) < 4.78 is 7.79. The highest BCUT2D eigenvalue weighted by atomic mass is 32.1. The smallest absolute Gasteiger partial charge is 0.203 e. The van der Waals surface area contributed by atoms with Crippen LogP contribution in [0.5, 0.6) is 5.75 Å². The standard InChI is InChI=1S/C18H21N5OS/c1-13(2)24-17-6-5-15(9-16(17)11-23-8-4-7-20-23)10-19-22-18-21-14(3)12-25-18/h4-10,12-13H,11H2,1-3H3,(H,21,22). The van der Waals surface area contributed by atoms with Crippen molar-refractivity contribution >= 4 is 22.7 Å². The van der Waals surface area contributed by atoms with Crippen molar-refractivity contribution in [2.75, 3.05) is 5.43 Å². The highest BCUT2D eigenvalue weighted by molar-refractivity contribution is 7.13. The molecule has 0 saturated heterocycles. The van der Waals surface area contributed by atoms with E-state index in [0.29, 0.717) is 6.54 Å². The molecule has 2 aromatic heterocycles. The summed E-state index contributed by atoms with van der Waals surface area (Å²) in [5.41, 5.74) is 5.99. The Morgan fingerprint density at radius 1 is 1.40 bits per heavy atom. The van der Waals surface area contributed by atoms with E-state index in [2.05, 4.69) is 26.7 Å². The minimum absolute atomic E-state index is 0.116. The van der Waals surface area contributed by atoms with Gasteiger partial charge in [-0.05, 0) is 50.6 Å². The predicted octanol–water partition coefficient (Wildman–Crippen LogP) is 3.93. The van der Waals surface area contributed by atoms with Crippen molar-refractivity contribution in [1.29, 1.82) is 0 Å². The molecule has 0 aliphatic rings. The molecular formula is C18H21N5OS. The third kappa shape index (κ3) is 4.90. The van der Waals surface area contributed by atoms with Crippen LogP contribution in [0.15, 0.2) is 47.1 Å². The second-order valence-corrected chi connectivity index (χ2v) is 6.76. The van der Waals surface area contributed by atoms with Crippen molar-refractivity contribution < 1.29 is 4.74 Å². The van der Waals surface area contributed by atoms with Gasteiger partial charge < -0.3 is 4.74 Å². The molecule has 130 valence electrons. The second-order valence-electron chi connectivity index (χ2n) is 5.90. The van der Waals surface area contributed by atoms with Crippen LogP contribution in [0.2, 0.25) is 0 Å². The van der Waals surface area contributed by atoms with E-state index in [1.165, 1.54) is 11.3 Å². The van der Waals surface area contributed by atoms with Gasteiger partial charge in [0, 0.05) is 23.3 Å². The molecule has 0 aliphatic heterocycles. The molecule has 0 bridgehead atoms. The lowest BCUT2D eigenvalue weighted by molar-refractivity contribution is 0.239. The third-order valence-electron chi connectivity index (χ3n) is 3.33. The average Bonchev–Trinajstić information content (AvgIpc) is 3.21. The van der Waals surface area contributed by atoms with Crippen LogP contribution in [0.1, 0.15) is 30.7 Å². The largest absolute Gasteiger partial charge is 0.491 e. The first-order chi connectivity index (χ1) is 12.1. The van der Waals surface area contributed by atoms with E-state index >= 15 is 0 Å². The summed E-state index contributed by atoms with van der Waals surface area (Å²) in [6.45, 7) is 6.65. The Morgan fingerprint density at radius 2 is 2.28 bits per heavy atom. The van der Waals surface area contributed by atoms with Gasteiger partial charge in [0.2, 0.25) is 5.13 Å². The third-order valence-corrected chi connectivity index (χ3v) is 4.20. The van der Waals surface area contributed by atoms with Gasteiger partial charge in [-0.25, -0.2) is 4.98 Å². The Labute approximate surface area is 151 Å². The summed E-state index contributed by atoms with van der Waals surface area (Å²) in [5.74, 6) is 0.867. The van der Waals surface area contributed by atoms with Gasteiger partial charge in [-0.2, -0.15) is 10.2 Å². The summed E-state index contributed by atoms with van der Waals surface area (Å²) in [7, 11) is 0. The van der Waals surface area contributed by atoms with Gasteiger partial charge in [0.05, 0.1) is 24.6 Å². The normalized spacial score (nSPS) is 11.4. The molecule has 0 radical (unpaired) electrons. The molecule has 7 heteroatoms. The summed E-state index contributed by atoms with van der Waals surface area (Å²) in [4.78, 5) is 4.32. The lowest BCUT2D eigenvalue weighted by atomic mass is 10.1. The van der Waals surface area contributed by atoms with Gasteiger partial charge in [-0.1, -0.05) is 0 Å². The van der Waals surface area contributed by atoms with E-state index in [4.69, 9.17) is 4.74 Å². The molecule has 0 spiro atoms. The molecule has 0 aliphatic carbocycles. The molecule has 1 N–H and O–H groups in total. The van der Waals surface area contributed by atoms with E-state index in [1.54, 1.807) is 12.4 Å². The molecule has 25 heavy (non-hydrogen) atoms. The number of anilines is 1. The molecule has 2 heterocycles. The fourth-order valence-electron chi connectivity index (χ4n) is 2.31. The molecule has 6 nitrogen and oxygen atoms in total. The molecule has 0 unspecified atom stereocenters. The average molecular weight is 355 g/mol. The molecule has 1 aromatic carbocycles. The number of hydrogen-bond donors (Lipinski definition) is 1. The minimum atomic E-state index is 0.116. The first-order valence-electron chi connectivity index (χ1n) is 8.08. The van der Waals surface area contributed by atoms with Gasteiger partial charge >= 0.3 is 0 Å². The monoisotopic (exact) mass is 355 g/mol. The molecule has 3 aromatic rings. The predicted molar refractivity (Wildman–Crippen MR) is 102 cm³/mol. The van der Waals surface area contributed by atoms with Crippen LogP contribution in [0, 0.1) is 6.92 Å². The Hall–Kier alpha value is -2.67. The zero-order valence-corrected chi connectivity index (χ0v) is 15.3. The van der Waals surface area contributed by atoms with Crippen molar-refractivity contribution in [3.8, 4) is 5.75 Å². The Morgan fingerprint density at radius 3 is 2.96 bits per heavy atom. The molecule has 0 fully saturated rings. The number of thiazole rings is 1. The molecule has 0 saturated carbocycles. The molecule has 0 atom stereocenters. The van der Waals surface area contributed by atoms with Gasteiger partial charge in [0.25, 0.3) is 0 Å². The van der Waals surface area contributed by atoms with Crippen molar-refractivity contribution in [3.05, 3.63) is 58.9 Å². The maximum atomic E-state index is 5.92. The number of hydrogen-bond acceptors (Lipinski definition) is 6. The van der Waals surface area contributed by atoms with Crippen LogP contribution in [0.4, 0.5) is 5.13 Å². The Balaban J connectivity index is 1.77. The summed E-state index contributed by atoms with van der Waals surface area (Å²) in [5, 5.41) is 11.3. The van der Waals surface area contributed by atoms with Crippen molar-refractivity contribution in [2.24, 2.45) is 5.10 Å². The first-order valence-corrected chi connectivity index (χ1v) is 8.96. The van der Waals surface area contributed by atoms with Crippen molar-refractivity contribution in [2.45, 2.75) is 33.4 Å². The van der Waals surface area contributed by atoms with Crippen LogP contribution in [-0.4, -0.2) is 27.1 Å². The second kappa shape index (κ2) is 7.94. The number of nitrogens with zero attached hydrogens (tertiary/aromatic N) is 4. The van der Waals surface area contributed by atoms with Crippen molar-refractivity contribution in [3.63, 3.8) is 0 Å². The highest BCUT2D eigenvalue weighted by Gasteiger charge is 2.08. The van der Waals surface area contributed by atoms with Crippen molar-refractivity contribution in [1.82, 2.24) is 14.8 Å². The zero-order chi connectivity index (χ0) is 17.6. The van der Waals surface area contributed by atoms with Crippen LogP contribution in [-0.2, 0) is 6.54 Å². The topological polar surface area (TPSA) is 64.3 Å². The van der Waals surface area contributed by atoms with Gasteiger partial charge in [-0.3, -0.25) is 10.1 Å². The van der Waals surface area contributed by atoms with E-state index in [1.807, 2.05) is 55.2 Å². The van der Waals surface area contributed by atoms with E-state index < -0.39 is 0 Å². The maximum Gasteiger partial charge on any atom is 0.203 e. The summed E-state index contributed by atoms with van der Waals surface area (Å²) >= 11 is 1.53. The lowest BCUT2D eigenvalue weighted by Gasteiger charge is -2.15. The molecule has 0 amide bonds. The fourth-order valence-corrected chi connectivity index (χ4v) is 2.94. The molecular weight excluding hydrogens is 334 g/mol. The Bertz CT molecular complexity index is 839. The maximum absolute atomic E-state index is 5.92. The van der Waals surface area contributed by atoms with Crippen LogP contribution in [0.3, 0.4) is 0 Å². The van der Waals surface area contributed by atoms with Crippen LogP contribution >= 0.6 is 11.3 Å². The Kier molecular flexibility index (Phi) is 5.45. The highest BCUT2D eigenvalue weighted by Crippen LogP contribution is 2.22. The van der Waals surface area contributed by atoms with Gasteiger partial charge in [0.15, 0.2) is 0 Å². The quantitative estimate of drug-likeness (QED) is 0.515. The summed E-state index contributed by atoms with van der Waals surface area (Å²) in [6, 6.07) is 7.95. The number of ether oxygens (including phenoxy) is 1. The van der Waals surface area contributed by atoms with E-state index in [-0.39, 0.29) is 6.10 Å². The first kappa shape index (κ1) is 17.2. The number of nitrogens with one attached hydrogen (secondary N) is 1. The van der Waals surface area contributed by atoms with Gasteiger partial charge in [-0.15, -0.1) is 11.3 Å². The number of benzene rings is 1. The molecule has 3 rings (SSSR count). The fraction of sp³-hybridized carbons (Fsp3) is 0.278. The SMILES string of the molecule is Cc1csc(NN=Cc2ccc(OC(C)C)c(Cn3cccn3)c2)n1.